The summed E-state index contributed by atoms with van der Waals surface area (Å²) in [7, 11) is 0. The van der Waals surface area contributed by atoms with Crippen molar-refractivity contribution in [2.24, 2.45) is 0 Å². The second kappa shape index (κ2) is 9.07. The normalized spacial score (nSPS) is 18.2. The highest BCUT2D eigenvalue weighted by Gasteiger charge is 2.34. The Kier molecular flexibility index (Phi) is 6.39. The molecule has 0 aliphatic carbocycles. The number of carbonyl (C=O) groups is 4. The van der Waals surface area contributed by atoms with Gasteiger partial charge in [0.05, 0.1) is 21.8 Å². The molecule has 5 amide bonds. The lowest BCUT2D eigenvalue weighted by atomic mass is 10.0. The lowest BCUT2D eigenvalue weighted by Gasteiger charge is -2.29. The molecule has 32 heavy (non-hydrogen) atoms. The molecule has 1 saturated heterocycles. The number of urea groups is 1. The Morgan fingerprint density at radius 1 is 1.00 bits per heavy atom. The summed E-state index contributed by atoms with van der Waals surface area (Å²) in [6, 6.07) is 6.73. The van der Waals surface area contributed by atoms with E-state index in [1.807, 2.05) is 4.90 Å². The summed E-state index contributed by atoms with van der Waals surface area (Å²) in [5, 5.41) is 7.62. The van der Waals surface area contributed by atoms with Gasteiger partial charge in [0.25, 0.3) is 5.91 Å². The molecule has 2 aliphatic heterocycles. The van der Waals surface area contributed by atoms with Gasteiger partial charge < -0.3 is 5.32 Å². The maximum absolute atomic E-state index is 12.6. The number of hydrogen-bond acceptors (Lipinski definition) is 5. The molecule has 1 unspecified atom stereocenters. The molecule has 0 spiro atoms. The maximum atomic E-state index is 12.6. The van der Waals surface area contributed by atoms with Gasteiger partial charge in [-0.1, -0.05) is 40.9 Å². The van der Waals surface area contributed by atoms with Crippen LogP contribution in [0.5, 0.6) is 0 Å². The summed E-state index contributed by atoms with van der Waals surface area (Å²) in [6.07, 6.45) is 0.760. The Labute approximate surface area is 198 Å². The monoisotopic (exact) mass is 494 g/mol. The van der Waals surface area contributed by atoms with Crippen molar-refractivity contribution < 1.29 is 19.2 Å². The van der Waals surface area contributed by atoms with Crippen molar-refractivity contribution in [2.75, 3.05) is 5.32 Å². The van der Waals surface area contributed by atoms with Crippen molar-refractivity contribution in [3.05, 3.63) is 62.1 Å². The van der Waals surface area contributed by atoms with Crippen LogP contribution in [0.2, 0.25) is 15.1 Å². The number of amides is 5. The number of anilines is 1. The summed E-state index contributed by atoms with van der Waals surface area (Å²) < 4.78 is 0. The first-order chi connectivity index (χ1) is 15.2. The number of imide groups is 2. The SMILES string of the molecule is O=C1CCC(N2Cc3ccc(C(=O)NC(=O)Nc4c(Cl)cc(Cl)cc4Cl)cc3C2)C(=O)N1. The van der Waals surface area contributed by atoms with Gasteiger partial charge in [-0.3, -0.25) is 29.9 Å². The minimum Gasteiger partial charge on any atom is -0.305 e. The number of rotatable bonds is 3. The number of nitrogens with one attached hydrogen (secondary N) is 3. The van der Waals surface area contributed by atoms with E-state index >= 15 is 0 Å². The van der Waals surface area contributed by atoms with E-state index in [2.05, 4.69) is 16.0 Å². The van der Waals surface area contributed by atoms with Crippen LogP contribution in [-0.2, 0) is 22.7 Å². The van der Waals surface area contributed by atoms with Crippen LogP contribution >= 0.6 is 34.8 Å². The van der Waals surface area contributed by atoms with Crippen molar-refractivity contribution in [2.45, 2.75) is 32.0 Å². The van der Waals surface area contributed by atoms with Gasteiger partial charge >= 0.3 is 6.03 Å². The highest BCUT2D eigenvalue weighted by Crippen LogP contribution is 2.33. The largest absolute Gasteiger partial charge is 0.326 e. The Bertz CT molecular complexity index is 1130. The van der Waals surface area contributed by atoms with Gasteiger partial charge in [0.15, 0.2) is 0 Å². The predicted octanol–water partition coefficient (Wildman–Crippen LogP) is 3.73. The number of hydrogen-bond donors (Lipinski definition) is 3. The predicted molar refractivity (Wildman–Crippen MR) is 120 cm³/mol. The molecule has 166 valence electrons. The second-order valence-corrected chi connectivity index (χ2v) is 8.76. The zero-order valence-corrected chi connectivity index (χ0v) is 18.8. The summed E-state index contributed by atoms with van der Waals surface area (Å²) in [5.41, 5.74) is 2.29. The minimum absolute atomic E-state index is 0.135. The lowest BCUT2D eigenvalue weighted by Crippen LogP contribution is -2.50. The van der Waals surface area contributed by atoms with Gasteiger partial charge in [-0.05, 0) is 41.8 Å². The molecule has 2 aliphatic rings. The molecule has 11 heteroatoms. The zero-order valence-electron chi connectivity index (χ0n) is 16.5. The van der Waals surface area contributed by atoms with Gasteiger partial charge in [0.2, 0.25) is 11.8 Å². The molecule has 2 aromatic rings. The highest BCUT2D eigenvalue weighted by molar-refractivity contribution is 6.42. The molecular formula is C21H17Cl3N4O4. The molecule has 0 bridgehead atoms. The first-order valence-corrected chi connectivity index (χ1v) is 10.8. The van der Waals surface area contributed by atoms with Crippen molar-refractivity contribution in [1.29, 1.82) is 0 Å². The average Bonchev–Trinajstić information content (AvgIpc) is 3.13. The van der Waals surface area contributed by atoms with E-state index in [9.17, 15) is 19.2 Å². The van der Waals surface area contributed by atoms with E-state index in [4.69, 9.17) is 34.8 Å². The second-order valence-electron chi connectivity index (χ2n) is 7.51. The van der Waals surface area contributed by atoms with Crippen LogP contribution < -0.4 is 16.0 Å². The van der Waals surface area contributed by atoms with Crippen molar-refractivity contribution in [1.82, 2.24) is 15.5 Å². The fraction of sp³-hybridized carbons (Fsp3) is 0.238. The number of fused-ring (bicyclic) bond motifs is 1. The number of nitrogens with zero attached hydrogens (tertiary/aromatic N) is 1. The third-order valence-corrected chi connectivity index (χ3v) is 6.15. The lowest BCUT2D eigenvalue weighted by molar-refractivity contribution is -0.137. The summed E-state index contributed by atoms with van der Waals surface area (Å²) in [4.78, 5) is 50.3. The molecule has 2 aromatic carbocycles. The van der Waals surface area contributed by atoms with Crippen molar-refractivity contribution in [3.63, 3.8) is 0 Å². The molecule has 0 aromatic heterocycles. The van der Waals surface area contributed by atoms with Gasteiger partial charge in [-0.15, -0.1) is 0 Å². The first kappa shape index (κ1) is 22.5. The molecule has 8 nitrogen and oxygen atoms in total. The topological polar surface area (TPSA) is 108 Å². The van der Waals surface area contributed by atoms with Gasteiger partial charge in [-0.2, -0.15) is 0 Å². The van der Waals surface area contributed by atoms with Crippen molar-refractivity contribution in [3.8, 4) is 0 Å². The summed E-state index contributed by atoms with van der Waals surface area (Å²) in [6.45, 7) is 1.00. The van der Waals surface area contributed by atoms with E-state index < -0.39 is 18.0 Å². The van der Waals surface area contributed by atoms with E-state index in [0.29, 0.717) is 31.0 Å². The standard InChI is InChI=1S/C21H17Cl3N4O4/c22-13-6-14(23)18(15(24)7-13)26-21(32)27-19(30)10-1-2-11-8-28(9-12(11)5-10)16-3-4-17(29)25-20(16)31/h1-2,5-7,16H,3-4,8-9H2,(H,25,29,31)(H2,26,27,30,32). The molecule has 1 atom stereocenters. The highest BCUT2D eigenvalue weighted by atomic mass is 35.5. The molecular weight excluding hydrogens is 479 g/mol. The fourth-order valence-electron chi connectivity index (χ4n) is 3.79. The minimum atomic E-state index is -0.799. The smallest absolute Gasteiger partial charge is 0.305 e. The average molecular weight is 496 g/mol. The van der Waals surface area contributed by atoms with Crippen LogP contribution in [0.3, 0.4) is 0 Å². The van der Waals surface area contributed by atoms with Crippen LogP contribution in [0.4, 0.5) is 10.5 Å². The van der Waals surface area contributed by atoms with E-state index in [1.54, 1.807) is 18.2 Å². The molecule has 0 radical (unpaired) electrons. The Morgan fingerprint density at radius 2 is 1.69 bits per heavy atom. The molecule has 1 fully saturated rings. The number of carbonyl (C=O) groups excluding carboxylic acids is 4. The van der Waals surface area contributed by atoms with Gasteiger partial charge in [-0.25, -0.2) is 4.79 Å². The Balaban J connectivity index is 1.41. The Morgan fingerprint density at radius 3 is 2.38 bits per heavy atom. The summed E-state index contributed by atoms with van der Waals surface area (Å²) >= 11 is 17.9. The number of halogens is 3. The number of benzene rings is 2. The molecule has 0 saturated carbocycles. The van der Waals surface area contributed by atoms with E-state index in [1.165, 1.54) is 12.1 Å². The van der Waals surface area contributed by atoms with Crippen molar-refractivity contribution >= 4 is 64.2 Å². The zero-order chi connectivity index (χ0) is 23.0. The third-order valence-electron chi connectivity index (χ3n) is 5.34. The third kappa shape index (κ3) is 4.73. The van der Waals surface area contributed by atoms with Crippen LogP contribution in [0, 0.1) is 0 Å². The number of piperidine rings is 1. The first-order valence-electron chi connectivity index (χ1n) is 9.67. The molecule has 2 heterocycles. The van der Waals surface area contributed by atoms with E-state index in [-0.39, 0.29) is 33.1 Å². The Hall–Kier alpha value is -2.65. The van der Waals surface area contributed by atoms with E-state index in [0.717, 1.165) is 11.1 Å². The van der Waals surface area contributed by atoms with Crippen LogP contribution in [-0.4, -0.2) is 34.7 Å². The van der Waals surface area contributed by atoms with Crippen LogP contribution in [0.15, 0.2) is 30.3 Å². The van der Waals surface area contributed by atoms with Crippen LogP contribution in [0.1, 0.15) is 34.3 Å². The summed E-state index contributed by atoms with van der Waals surface area (Å²) in [5.74, 6) is -1.17. The fourth-order valence-corrected chi connectivity index (χ4v) is 4.71. The van der Waals surface area contributed by atoms with Gasteiger partial charge in [0, 0.05) is 30.1 Å². The molecule has 4 rings (SSSR count). The quantitative estimate of drug-likeness (QED) is 0.563. The molecule has 3 N–H and O–H groups in total. The van der Waals surface area contributed by atoms with Crippen LogP contribution in [0.25, 0.3) is 0 Å². The maximum Gasteiger partial charge on any atom is 0.326 e. The van der Waals surface area contributed by atoms with Gasteiger partial charge in [0.1, 0.15) is 0 Å².